The number of halogens is 1. The molecular weight excluding hydrogens is 479 g/mol. The van der Waals surface area contributed by atoms with Crippen molar-refractivity contribution in [3.63, 3.8) is 0 Å². The van der Waals surface area contributed by atoms with Gasteiger partial charge < -0.3 is 9.80 Å². The fourth-order valence-electron chi connectivity index (χ4n) is 4.99. The number of hydrogen-bond donors (Lipinski definition) is 0. The monoisotopic (exact) mass is 504 g/mol. The maximum Gasteiger partial charge on any atom is 0.242 e. The van der Waals surface area contributed by atoms with Gasteiger partial charge in [-0.3, -0.25) is 19.3 Å². The summed E-state index contributed by atoms with van der Waals surface area (Å²) in [4.78, 5) is 29.4. The first-order valence-electron chi connectivity index (χ1n) is 12.5. The van der Waals surface area contributed by atoms with Crippen LogP contribution in [-0.2, 0) is 4.79 Å². The van der Waals surface area contributed by atoms with E-state index in [-0.39, 0.29) is 18.3 Å². The van der Waals surface area contributed by atoms with Gasteiger partial charge in [0.05, 0.1) is 35.1 Å². The van der Waals surface area contributed by atoms with Crippen molar-refractivity contribution in [2.24, 2.45) is 0 Å². The summed E-state index contributed by atoms with van der Waals surface area (Å²) in [6, 6.07) is 14.8. The number of pyridine rings is 2. The highest BCUT2D eigenvalue weighted by Gasteiger charge is 2.25. The summed E-state index contributed by atoms with van der Waals surface area (Å²) in [5, 5.41) is 0.881. The summed E-state index contributed by atoms with van der Waals surface area (Å²) in [6.45, 7) is 5.88. The second kappa shape index (κ2) is 9.60. The largest absolute Gasteiger partial charge is 0.358 e. The van der Waals surface area contributed by atoms with Crippen molar-refractivity contribution in [3.8, 4) is 17.5 Å². The molecule has 0 unspecified atom stereocenters. The Bertz CT molecular complexity index is 1750. The van der Waals surface area contributed by atoms with Gasteiger partial charge >= 0.3 is 0 Å². The number of carbonyl (C=O) groups excluding carboxylic acids is 1. The van der Waals surface area contributed by atoms with Crippen LogP contribution < -0.4 is 4.90 Å². The van der Waals surface area contributed by atoms with Gasteiger partial charge in [0.15, 0.2) is 0 Å². The van der Waals surface area contributed by atoms with Gasteiger partial charge in [0.25, 0.3) is 0 Å². The molecule has 188 valence electrons. The zero-order valence-corrected chi connectivity index (χ0v) is 21.1. The van der Waals surface area contributed by atoms with E-state index in [4.69, 9.17) is 4.98 Å². The van der Waals surface area contributed by atoms with Crippen LogP contribution in [0.25, 0.3) is 27.6 Å². The van der Waals surface area contributed by atoms with Crippen molar-refractivity contribution >= 4 is 33.5 Å². The van der Waals surface area contributed by atoms with Crippen LogP contribution in [0, 0.1) is 24.6 Å². The fourth-order valence-corrected chi connectivity index (χ4v) is 4.99. The average Bonchev–Trinajstić information content (AvgIpc) is 3.28. The van der Waals surface area contributed by atoms with E-state index in [0.29, 0.717) is 31.0 Å². The topological polar surface area (TPSA) is 67.2 Å². The Morgan fingerprint density at radius 1 is 1.00 bits per heavy atom. The Labute approximate surface area is 219 Å². The zero-order chi connectivity index (χ0) is 26.2. The van der Waals surface area contributed by atoms with Crippen LogP contribution in [0.4, 0.5) is 10.1 Å². The van der Waals surface area contributed by atoms with Gasteiger partial charge in [0.2, 0.25) is 5.91 Å². The van der Waals surface area contributed by atoms with Crippen molar-refractivity contribution in [3.05, 3.63) is 89.9 Å². The SMILES string of the molecule is CCN1CCN(c2ccc(-n3c(C)nc4cnc5ccc(C#Cc6cccnc6)cc5c43)cc2F)CC1=O. The van der Waals surface area contributed by atoms with Gasteiger partial charge in [-0.1, -0.05) is 11.8 Å². The summed E-state index contributed by atoms with van der Waals surface area (Å²) in [6.07, 6.45) is 5.18. The third-order valence-electron chi connectivity index (χ3n) is 6.89. The quantitative estimate of drug-likeness (QED) is 0.339. The number of benzene rings is 2. The number of likely N-dealkylation sites (N-methyl/N-ethyl adjacent to an activating group) is 1. The van der Waals surface area contributed by atoms with Gasteiger partial charge in [-0.2, -0.15) is 0 Å². The Morgan fingerprint density at radius 3 is 2.63 bits per heavy atom. The summed E-state index contributed by atoms with van der Waals surface area (Å²) < 4.78 is 17.4. The third-order valence-corrected chi connectivity index (χ3v) is 6.89. The van der Waals surface area contributed by atoms with Crippen LogP contribution in [0.3, 0.4) is 0 Å². The minimum atomic E-state index is -0.372. The number of nitrogens with zero attached hydrogens (tertiary/aromatic N) is 6. The van der Waals surface area contributed by atoms with Gasteiger partial charge in [0.1, 0.15) is 17.2 Å². The minimum Gasteiger partial charge on any atom is -0.358 e. The number of piperazine rings is 1. The molecule has 3 aromatic heterocycles. The van der Waals surface area contributed by atoms with E-state index in [2.05, 4.69) is 21.8 Å². The Balaban J connectivity index is 1.42. The first-order valence-corrected chi connectivity index (χ1v) is 12.5. The molecule has 0 radical (unpaired) electrons. The van der Waals surface area contributed by atoms with E-state index in [1.807, 2.05) is 54.8 Å². The number of rotatable bonds is 3. The molecule has 1 saturated heterocycles. The van der Waals surface area contributed by atoms with E-state index < -0.39 is 0 Å². The highest BCUT2D eigenvalue weighted by Crippen LogP contribution is 2.31. The van der Waals surface area contributed by atoms with Crippen LogP contribution >= 0.6 is 0 Å². The Morgan fingerprint density at radius 2 is 1.87 bits per heavy atom. The van der Waals surface area contributed by atoms with Crippen LogP contribution in [0.1, 0.15) is 23.9 Å². The molecule has 6 rings (SSSR count). The molecule has 1 aliphatic rings. The summed E-state index contributed by atoms with van der Waals surface area (Å²) >= 11 is 0. The Hall–Kier alpha value is -4.77. The zero-order valence-electron chi connectivity index (χ0n) is 21.1. The predicted octanol–water partition coefficient (Wildman–Crippen LogP) is 4.48. The van der Waals surface area contributed by atoms with E-state index in [0.717, 1.165) is 38.9 Å². The molecule has 0 bridgehead atoms. The molecule has 1 aliphatic heterocycles. The second-order valence-electron chi connectivity index (χ2n) is 9.24. The normalized spacial score (nSPS) is 13.7. The molecule has 1 amide bonds. The summed E-state index contributed by atoms with van der Waals surface area (Å²) in [5.41, 5.74) is 5.12. The molecule has 5 aromatic rings. The van der Waals surface area contributed by atoms with Gasteiger partial charge in [-0.05, 0) is 56.3 Å². The number of aromatic nitrogens is 4. The van der Waals surface area contributed by atoms with Crippen molar-refractivity contribution in [2.75, 3.05) is 31.1 Å². The molecule has 8 heteroatoms. The number of carbonyl (C=O) groups is 1. The second-order valence-corrected chi connectivity index (χ2v) is 9.24. The molecule has 0 spiro atoms. The van der Waals surface area contributed by atoms with Crippen LogP contribution in [-0.4, -0.2) is 56.5 Å². The number of hydrogen-bond acceptors (Lipinski definition) is 5. The molecule has 2 aromatic carbocycles. The van der Waals surface area contributed by atoms with Crippen molar-refractivity contribution in [1.82, 2.24) is 24.4 Å². The maximum absolute atomic E-state index is 15.5. The molecule has 0 aliphatic carbocycles. The number of anilines is 1. The fraction of sp³-hybridized carbons (Fsp3) is 0.200. The van der Waals surface area contributed by atoms with Crippen molar-refractivity contribution in [1.29, 1.82) is 0 Å². The molecular formula is C30H25FN6O. The lowest BCUT2D eigenvalue weighted by Crippen LogP contribution is -2.50. The first-order chi connectivity index (χ1) is 18.5. The van der Waals surface area contributed by atoms with E-state index in [1.54, 1.807) is 34.5 Å². The van der Waals surface area contributed by atoms with E-state index >= 15 is 4.39 Å². The maximum atomic E-state index is 15.5. The molecule has 0 atom stereocenters. The third kappa shape index (κ3) is 4.22. The number of amides is 1. The van der Waals surface area contributed by atoms with Gasteiger partial charge in [0, 0.05) is 54.6 Å². The average molecular weight is 505 g/mol. The molecule has 4 heterocycles. The lowest BCUT2D eigenvalue weighted by Gasteiger charge is -2.35. The highest BCUT2D eigenvalue weighted by molar-refractivity contribution is 6.03. The molecule has 0 saturated carbocycles. The van der Waals surface area contributed by atoms with E-state index in [1.165, 1.54) is 6.07 Å². The molecule has 38 heavy (non-hydrogen) atoms. The summed E-state index contributed by atoms with van der Waals surface area (Å²) in [5.74, 6) is 6.71. The van der Waals surface area contributed by atoms with Gasteiger partial charge in [-0.15, -0.1) is 0 Å². The molecule has 1 fully saturated rings. The molecule has 7 nitrogen and oxygen atoms in total. The van der Waals surface area contributed by atoms with E-state index in [9.17, 15) is 4.79 Å². The predicted molar refractivity (Wildman–Crippen MR) is 146 cm³/mol. The van der Waals surface area contributed by atoms with Crippen molar-refractivity contribution < 1.29 is 9.18 Å². The first kappa shape index (κ1) is 23.6. The number of imidazole rings is 1. The smallest absolute Gasteiger partial charge is 0.242 e. The van der Waals surface area contributed by atoms with Crippen LogP contribution in [0.5, 0.6) is 0 Å². The number of aryl methyl sites for hydroxylation is 1. The molecule has 0 N–H and O–H groups in total. The van der Waals surface area contributed by atoms with Crippen molar-refractivity contribution in [2.45, 2.75) is 13.8 Å². The minimum absolute atomic E-state index is 0.0140. The number of fused-ring (bicyclic) bond motifs is 3. The lowest BCUT2D eigenvalue weighted by molar-refractivity contribution is -0.130. The lowest BCUT2D eigenvalue weighted by atomic mass is 10.1. The highest BCUT2D eigenvalue weighted by atomic mass is 19.1. The van der Waals surface area contributed by atoms with Crippen LogP contribution in [0.15, 0.2) is 67.1 Å². The van der Waals surface area contributed by atoms with Crippen LogP contribution in [0.2, 0.25) is 0 Å². The Kier molecular flexibility index (Phi) is 5.97. The summed E-state index contributed by atoms with van der Waals surface area (Å²) in [7, 11) is 0. The standard InChI is InChI=1S/C30H25FN6O/c1-3-35-13-14-36(19-29(35)38)28-11-9-23(16-25(28)31)37-20(2)34-27-18-33-26-10-8-21(15-24(26)30(27)37)6-7-22-5-4-12-32-17-22/h4-5,8-12,15-18H,3,13-14,19H2,1-2H3. The van der Waals surface area contributed by atoms with Gasteiger partial charge in [-0.25, -0.2) is 9.37 Å².